The van der Waals surface area contributed by atoms with E-state index >= 15 is 0 Å². The van der Waals surface area contributed by atoms with E-state index in [4.69, 9.17) is 9.57 Å². The van der Waals surface area contributed by atoms with Gasteiger partial charge in [-0.05, 0) is 24.6 Å². The summed E-state index contributed by atoms with van der Waals surface area (Å²) in [7, 11) is 1.53. The molecule has 1 heterocycles. The monoisotopic (exact) mass is 302 g/mol. The number of halogens is 3. The smallest absolute Gasteiger partial charge is 0.416 e. The maximum Gasteiger partial charge on any atom is 0.416 e. The molecule has 8 heteroatoms. The molecule has 0 spiro atoms. The van der Waals surface area contributed by atoms with Gasteiger partial charge in [-0.25, -0.2) is 9.79 Å². The Bertz CT molecular complexity index is 555. The van der Waals surface area contributed by atoms with E-state index in [0.29, 0.717) is 5.56 Å². The highest BCUT2D eigenvalue weighted by molar-refractivity contribution is 6.32. The maximum atomic E-state index is 12.5. The lowest BCUT2D eigenvalue weighted by Gasteiger charge is -2.16. The van der Waals surface area contributed by atoms with Crippen LogP contribution in [0.25, 0.3) is 0 Å². The van der Waals surface area contributed by atoms with E-state index in [0.717, 1.165) is 12.1 Å². The van der Waals surface area contributed by atoms with Crippen LogP contribution in [0.1, 0.15) is 24.2 Å². The van der Waals surface area contributed by atoms with E-state index in [1.165, 1.54) is 24.2 Å². The Hall–Kier alpha value is -2.09. The van der Waals surface area contributed by atoms with Gasteiger partial charge in [0.15, 0.2) is 6.17 Å². The van der Waals surface area contributed by atoms with Gasteiger partial charge in [0.2, 0.25) is 0 Å². The third kappa shape index (κ3) is 3.33. The predicted octanol–water partition coefficient (Wildman–Crippen LogP) is 2.54. The predicted molar refractivity (Wildman–Crippen MR) is 67.1 cm³/mol. The summed E-state index contributed by atoms with van der Waals surface area (Å²) in [6, 6.07) is 4.51. The number of aliphatic imine (C=N–C) groups is 1. The molecule has 0 N–H and O–H groups in total. The Morgan fingerprint density at radius 2 is 2.00 bits per heavy atom. The van der Waals surface area contributed by atoms with Crippen molar-refractivity contribution >= 4 is 11.9 Å². The van der Waals surface area contributed by atoms with Gasteiger partial charge in [-0.15, -0.1) is 5.06 Å². The molecular weight excluding hydrogens is 289 g/mol. The highest BCUT2D eigenvalue weighted by atomic mass is 19.4. The van der Waals surface area contributed by atoms with E-state index in [1.807, 2.05) is 0 Å². The number of carbonyl (C=O) groups is 1. The third-order valence-electron chi connectivity index (χ3n) is 2.80. The Kier molecular flexibility index (Phi) is 4.17. The molecule has 0 bridgehead atoms. The second-order valence-corrected chi connectivity index (χ2v) is 4.29. The van der Waals surface area contributed by atoms with Gasteiger partial charge in [0.25, 0.3) is 0 Å². The number of nitrogens with zero attached hydrogens (tertiary/aromatic N) is 2. The SMILES string of the molecule is CCOC(=O)C1=NC(c2ccc(C(F)(F)F)cc2)N(C)O1. The van der Waals surface area contributed by atoms with Crippen molar-refractivity contribution in [1.82, 2.24) is 5.06 Å². The Labute approximate surface area is 118 Å². The standard InChI is InChI=1S/C13H13F3N2O3/c1-3-20-12(19)11-17-10(18(2)21-11)8-4-6-9(7-5-8)13(14,15)16/h4-7,10H,3H2,1-2H3. The summed E-state index contributed by atoms with van der Waals surface area (Å²) >= 11 is 0. The molecule has 1 aliphatic rings. The van der Waals surface area contributed by atoms with Gasteiger partial charge in [-0.3, -0.25) is 0 Å². The molecule has 1 unspecified atom stereocenters. The van der Waals surface area contributed by atoms with Gasteiger partial charge in [-0.1, -0.05) is 12.1 Å². The van der Waals surface area contributed by atoms with Gasteiger partial charge in [0, 0.05) is 7.05 Å². The van der Waals surface area contributed by atoms with Crippen LogP contribution in [0.15, 0.2) is 29.3 Å². The number of carbonyl (C=O) groups excluding carboxylic acids is 1. The zero-order valence-corrected chi connectivity index (χ0v) is 11.3. The maximum absolute atomic E-state index is 12.5. The highest BCUT2D eigenvalue weighted by Crippen LogP contribution is 2.32. The summed E-state index contributed by atoms with van der Waals surface area (Å²) in [4.78, 5) is 20.6. The second-order valence-electron chi connectivity index (χ2n) is 4.29. The van der Waals surface area contributed by atoms with Crippen LogP contribution in [-0.2, 0) is 20.5 Å². The number of rotatable bonds is 3. The summed E-state index contributed by atoms with van der Waals surface area (Å²) in [5, 5.41) is 1.27. The number of ether oxygens (including phenoxy) is 1. The van der Waals surface area contributed by atoms with E-state index in [9.17, 15) is 18.0 Å². The van der Waals surface area contributed by atoms with E-state index in [2.05, 4.69) is 4.99 Å². The molecule has 0 radical (unpaired) electrons. The molecule has 0 fully saturated rings. The third-order valence-corrected chi connectivity index (χ3v) is 2.80. The van der Waals surface area contributed by atoms with Crippen LogP contribution in [0.5, 0.6) is 0 Å². The number of esters is 1. The fourth-order valence-electron chi connectivity index (χ4n) is 1.81. The van der Waals surface area contributed by atoms with E-state index in [-0.39, 0.29) is 12.5 Å². The number of hydrogen-bond acceptors (Lipinski definition) is 5. The number of hydroxylamine groups is 2. The molecule has 0 saturated carbocycles. The lowest BCUT2D eigenvalue weighted by Crippen LogP contribution is -2.23. The number of benzene rings is 1. The second kappa shape index (κ2) is 5.72. The number of hydrogen-bond donors (Lipinski definition) is 0. The minimum atomic E-state index is -4.39. The van der Waals surface area contributed by atoms with Crippen molar-refractivity contribution < 1.29 is 27.5 Å². The Morgan fingerprint density at radius 1 is 1.38 bits per heavy atom. The van der Waals surface area contributed by atoms with E-state index in [1.54, 1.807) is 6.92 Å². The molecule has 1 aliphatic heterocycles. The van der Waals surface area contributed by atoms with Crippen LogP contribution >= 0.6 is 0 Å². The molecule has 1 atom stereocenters. The first-order valence-electron chi connectivity index (χ1n) is 6.15. The molecule has 0 aromatic heterocycles. The summed E-state index contributed by atoms with van der Waals surface area (Å²) in [5.41, 5.74) is -0.271. The summed E-state index contributed by atoms with van der Waals surface area (Å²) in [6.45, 7) is 1.82. The van der Waals surface area contributed by atoms with E-state index < -0.39 is 23.9 Å². The van der Waals surface area contributed by atoms with Crippen LogP contribution < -0.4 is 0 Å². The minimum Gasteiger partial charge on any atom is -0.459 e. The number of alkyl halides is 3. The topological polar surface area (TPSA) is 51.1 Å². The molecular formula is C13H13F3N2O3. The molecule has 0 aliphatic carbocycles. The average molecular weight is 302 g/mol. The first kappa shape index (κ1) is 15.3. The molecule has 1 aromatic carbocycles. The van der Waals surface area contributed by atoms with Crippen molar-refractivity contribution in [3.63, 3.8) is 0 Å². The largest absolute Gasteiger partial charge is 0.459 e. The Morgan fingerprint density at radius 3 is 2.52 bits per heavy atom. The van der Waals surface area contributed by atoms with Crippen molar-refractivity contribution in [2.24, 2.45) is 4.99 Å². The molecule has 0 amide bonds. The zero-order chi connectivity index (χ0) is 15.6. The summed E-state index contributed by atoms with van der Waals surface area (Å²) in [5.74, 6) is -0.928. The van der Waals surface area contributed by atoms with Crippen molar-refractivity contribution in [1.29, 1.82) is 0 Å². The van der Waals surface area contributed by atoms with Crippen molar-refractivity contribution in [3.05, 3.63) is 35.4 Å². The fourth-order valence-corrected chi connectivity index (χ4v) is 1.81. The molecule has 0 saturated heterocycles. The van der Waals surface area contributed by atoms with Crippen molar-refractivity contribution in [3.8, 4) is 0 Å². The normalized spacial score (nSPS) is 19.1. The van der Waals surface area contributed by atoms with Gasteiger partial charge >= 0.3 is 18.0 Å². The van der Waals surface area contributed by atoms with Gasteiger partial charge in [0.1, 0.15) is 0 Å². The first-order valence-corrected chi connectivity index (χ1v) is 6.15. The zero-order valence-electron chi connectivity index (χ0n) is 11.3. The molecule has 1 aromatic rings. The Balaban J connectivity index is 2.20. The lowest BCUT2D eigenvalue weighted by molar-refractivity contribution is -0.140. The average Bonchev–Trinajstić information content (AvgIpc) is 2.80. The van der Waals surface area contributed by atoms with Crippen LogP contribution in [0.4, 0.5) is 13.2 Å². The van der Waals surface area contributed by atoms with Crippen LogP contribution in [0.3, 0.4) is 0 Å². The van der Waals surface area contributed by atoms with Gasteiger partial charge in [0.05, 0.1) is 12.2 Å². The van der Waals surface area contributed by atoms with Gasteiger partial charge < -0.3 is 9.57 Å². The van der Waals surface area contributed by atoms with Gasteiger partial charge in [-0.2, -0.15) is 13.2 Å². The van der Waals surface area contributed by atoms with Crippen LogP contribution in [0.2, 0.25) is 0 Å². The molecule has 5 nitrogen and oxygen atoms in total. The summed E-state index contributed by atoms with van der Waals surface area (Å²) < 4.78 is 42.3. The highest BCUT2D eigenvalue weighted by Gasteiger charge is 2.33. The first-order chi connectivity index (χ1) is 9.82. The van der Waals surface area contributed by atoms with Crippen LogP contribution in [0, 0.1) is 0 Å². The molecule has 21 heavy (non-hydrogen) atoms. The van der Waals surface area contributed by atoms with Crippen LogP contribution in [-0.4, -0.2) is 30.6 Å². The molecule has 114 valence electrons. The lowest BCUT2D eigenvalue weighted by atomic mass is 10.1. The summed E-state index contributed by atoms with van der Waals surface area (Å²) in [6.07, 6.45) is -5.08. The quantitative estimate of drug-likeness (QED) is 0.805. The van der Waals surface area contributed by atoms with Crippen molar-refractivity contribution in [2.75, 3.05) is 13.7 Å². The van der Waals surface area contributed by atoms with Crippen molar-refractivity contribution in [2.45, 2.75) is 19.3 Å². The fraction of sp³-hybridized carbons (Fsp3) is 0.385. The molecule has 2 rings (SSSR count). The minimum absolute atomic E-state index is 0.176.